The van der Waals surface area contributed by atoms with Crippen LogP contribution in [0, 0.1) is 0 Å². The Kier molecular flexibility index (Phi) is 8.93. The molecular weight excluding hydrogens is 498 g/mol. The number of sulfonamides is 1. The molecule has 0 saturated carbocycles. The van der Waals surface area contributed by atoms with Gasteiger partial charge in [0.2, 0.25) is 21.8 Å². The van der Waals surface area contributed by atoms with Gasteiger partial charge in [0.05, 0.1) is 18.4 Å². The molecular formula is C26H33N3O7S. The number of hydrogen-bond donors (Lipinski definition) is 2. The molecule has 2 amide bonds. The molecule has 2 aromatic rings. The summed E-state index contributed by atoms with van der Waals surface area (Å²) in [5.74, 6) is -1.30. The van der Waals surface area contributed by atoms with Crippen LogP contribution in [0.5, 0.6) is 5.75 Å². The summed E-state index contributed by atoms with van der Waals surface area (Å²) in [4.78, 5) is 37.9. The number of carboxylic acids is 1. The van der Waals surface area contributed by atoms with E-state index in [1.807, 2.05) is 24.3 Å². The molecule has 37 heavy (non-hydrogen) atoms. The molecule has 2 N–H and O–H groups in total. The molecule has 2 aromatic carbocycles. The van der Waals surface area contributed by atoms with Gasteiger partial charge in [-0.3, -0.25) is 14.4 Å². The predicted molar refractivity (Wildman–Crippen MR) is 137 cm³/mol. The number of rotatable bonds is 9. The molecule has 200 valence electrons. The molecule has 0 radical (unpaired) electrons. The van der Waals surface area contributed by atoms with Gasteiger partial charge >= 0.3 is 5.97 Å². The summed E-state index contributed by atoms with van der Waals surface area (Å²) in [6.07, 6.45) is -0.426. The highest BCUT2D eigenvalue weighted by atomic mass is 32.2. The number of carbonyl (C=O) groups is 3. The van der Waals surface area contributed by atoms with E-state index in [0.717, 1.165) is 9.87 Å². The quantitative estimate of drug-likeness (QED) is 0.505. The number of methoxy groups -OCH3 is 1. The molecule has 0 spiro atoms. The number of carbonyl (C=O) groups excluding carboxylic acids is 2. The fourth-order valence-electron chi connectivity index (χ4n) is 4.23. The monoisotopic (exact) mass is 531 g/mol. The Bertz CT molecular complexity index is 1260. The van der Waals surface area contributed by atoms with Crippen molar-refractivity contribution in [2.75, 3.05) is 26.7 Å². The largest absolute Gasteiger partial charge is 0.496 e. The standard InChI is InChI=1S/C26H33N3O7S/c1-17(2)20-7-5-19(6-8-20)15-27-26(33)23-16-28(18(3)30)11-12-29(23)37(34,35)22-9-10-24(36-4)21(13-22)14-25(31)32/h5-10,13,17,23H,11-12,14-16H2,1-4H3,(H,27,33)(H,31,32). The molecule has 1 heterocycles. The van der Waals surface area contributed by atoms with Crippen molar-refractivity contribution in [2.24, 2.45) is 0 Å². The van der Waals surface area contributed by atoms with Gasteiger partial charge in [-0.05, 0) is 35.2 Å². The van der Waals surface area contributed by atoms with E-state index in [4.69, 9.17) is 4.74 Å². The zero-order valence-electron chi connectivity index (χ0n) is 21.4. The first-order chi connectivity index (χ1) is 17.4. The van der Waals surface area contributed by atoms with E-state index < -0.39 is 34.4 Å². The molecule has 0 bridgehead atoms. The Hall–Kier alpha value is -3.44. The van der Waals surface area contributed by atoms with Gasteiger partial charge in [-0.25, -0.2) is 8.42 Å². The lowest BCUT2D eigenvalue weighted by atomic mass is 10.0. The minimum Gasteiger partial charge on any atom is -0.496 e. The maximum Gasteiger partial charge on any atom is 0.307 e. The zero-order chi connectivity index (χ0) is 27.3. The lowest BCUT2D eigenvalue weighted by Gasteiger charge is -2.39. The van der Waals surface area contributed by atoms with Crippen molar-refractivity contribution in [3.8, 4) is 5.75 Å². The highest BCUT2D eigenvalue weighted by molar-refractivity contribution is 7.89. The van der Waals surface area contributed by atoms with Crippen molar-refractivity contribution in [1.29, 1.82) is 0 Å². The molecule has 1 saturated heterocycles. The van der Waals surface area contributed by atoms with Crippen LogP contribution >= 0.6 is 0 Å². The van der Waals surface area contributed by atoms with Gasteiger partial charge in [-0.15, -0.1) is 0 Å². The topological polar surface area (TPSA) is 133 Å². The van der Waals surface area contributed by atoms with Crippen molar-refractivity contribution in [1.82, 2.24) is 14.5 Å². The van der Waals surface area contributed by atoms with Crippen molar-refractivity contribution >= 4 is 27.8 Å². The number of aliphatic carboxylic acids is 1. The number of amides is 2. The van der Waals surface area contributed by atoms with Crippen LogP contribution in [0.4, 0.5) is 0 Å². The fraction of sp³-hybridized carbons (Fsp3) is 0.423. The lowest BCUT2D eigenvalue weighted by Crippen LogP contribution is -2.61. The number of piperazine rings is 1. The highest BCUT2D eigenvalue weighted by Gasteiger charge is 2.41. The first kappa shape index (κ1) is 28.1. The molecule has 1 aliphatic rings. The van der Waals surface area contributed by atoms with Crippen LogP contribution < -0.4 is 10.1 Å². The Balaban J connectivity index is 1.87. The Morgan fingerprint density at radius 1 is 1.11 bits per heavy atom. The van der Waals surface area contributed by atoms with E-state index in [1.165, 1.54) is 42.7 Å². The van der Waals surface area contributed by atoms with E-state index in [1.54, 1.807) is 0 Å². The van der Waals surface area contributed by atoms with Gasteiger partial charge in [0.15, 0.2) is 0 Å². The molecule has 1 fully saturated rings. The van der Waals surface area contributed by atoms with Crippen molar-refractivity contribution in [3.05, 3.63) is 59.2 Å². The molecule has 10 nitrogen and oxygen atoms in total. The Morgan fingerprint density at radius 2 is 1.78 bits per heavy atom. The van der Waals surface area contributed by atoms with Gasteiger partial charge in [0.1, 0.15) is 11.8 Å². The number of hydrogen-bond acceptors (Lipinski definition) is 6. The number of benzene rings is 2. The van der Waals surface area contributed by atoms with Crippen LogP contribution in [-0.2, 0) is 37.4 Å². The van der Waals surface area contributed by atoms with Crippen LogP contribution in [0.2, 0.25) is 0 Å². The average molecular weight is 532 g/mol. The van der Waals surface area contributed by atoms with E-state index in [0.29, 0.717) is 5.92 Å². The summed E-state index contributed by atoms with van der Waals surface area (Å²) in [5, 5.41) is 12.0. The Labute approximate surface area is 217 Å². The second kappa shape index (κ2) is 11.7. The number of carboxylic acid groups (broad SMARTS) is 1. The maximum atomic E-state index is 13.6. The normalized spacial score (nSPS) is 16.5. The van der Waals surface area contributed by atoms with Crippen LogP contribution in [0.15, 0.2) is 47.4 Å². The number of nitrogens with zero attached hydrogens (tertiary/aromatic N) is 2. The molecule has 1 unspecified atom stereocenters. The third-order valence-electron chi connectivity index (χ3n) is 6.39. The first-order valence-electron chi connectivity index (χ1n) is 12.0. The zero-order valence-corrected chi connectivity index (χ0v) is 22.2. The van der Waals surface area contributed by atoms with Gasteiger partial charge in [0.25, 0.3) is 0 Å². The Morgan fingerprint density at radius 3 is 2.35 bits per heavy atom. The van der Waals surface area contributed by atoms with Crippen LogP contribution in [-0.4, -0.2) is 73.3 Å². The van der Waals surface area contributed by atoms with Gasteiger partial charge in [0, 0.05) is 38.7 Å². The summed E-state index contributed by atoms with van der Waals surface area (Å²) in [6, 6.07) is 10.6. The molecule has 3 rings (SSSR count). The summed E-state index contributed by atoms with van der Waals surface area (Å²) in [5.41, 5.74) is 2.22. The first-order valence-corrected chi connectivity index (χ1v) is 13.4. The van der Waals surface area contributed by atoms with Crippen LogP contribution in [0.25, 0.3) is 0 Å². The van der Waals surface area contributed by atoms with Crippen molar-refractivity contribution in [2.45, 2.75) is 50.6 Å². The summed E-state index contributed by atoms with van der Waals surface area (Å²) < 4.78 is 33.5. The second-order valence-corrected chi connectivity index (χ2v) is 11.1. The minimum absolute atomic E-state index is 0.0800. The lowest BCUT2D eigenvalue weighted by molar-refractivity contribution is -0.136. The second-order valence-electron chi connectivity index (χ2n) is 9.25. The number of nitrogens with one attached hydrogen (secondary N) is 1. The molecule has 0 aliphatic carbocycles. The summed E-state index contributed by atoms with van der Waals surface area (Å²) >= 11 is 0. The fourth-order valence-corrected chi connectivity index (χ4v) is 5.85. The smallest absolute Gasteiger partial charge is 0.307 e. The van der Waals surface area contributed by atoms with Crippen molar-refractivity contribution < 1.29 is 32.6 Å². The third-order valence-corrected chi connectivity index (χ3v) is 8.30. The molecule has 11 heteroatoms. The van der Waals surface area contributed by atoms with Crippen LogP contribution in [0.1, 0.15) is 43.4 Å². The minimum atomic E-state index is -4.20. The van der Waals surface area contributed by atoms with E-state index in [9.17, 15) is 27.9 Å². The molecule has 0 aromatic heterocycles. The van der Waals surface area contributed by atoms with Crippen LogP contribution in [0.3, 0.4) is 0 Å². The highest BCUT2D eigenvalue weighted by Crippen LogP contribution is 2.27. The van der Waals surface area contributed by atoms with E-state index in [2.05, 4.69) is 19.2 Å². The maximum absolute atomic E-state index is 13.6. The van der Waals surface area contributed by atoms with Gasteiger partial charge < -0.3 is 20.1 Å². The summed E-state index contributed by atoms with van der Waals surface area (Å²) in [6.45, 7) is 5.71. The third kappa shape index (κ3) is 6.66. The van der Waals surface area contributed by atoms with Crippen molar-refractivity contribution in [3.63, 3.8) is 0 Å². The average Bonchev–Trinajstić information content (AvgIpc) is 2.86. The summed E-state index contributed by atoms with van der Waals surface area (Å²) in [7, 11) is -2.83. The molecule has 1 atom stereocenters. The number of ether oxygens (including phenoxy) is 1. The van der Waals surface area contributed by atoms with E-state index >= 15 is 0 Å². The SMILES string of the molecule is COc1ccc(S(=O)(=O)N2CCN(C(C)=O)CC2C(=O)NCc2ccc(C(C)C)cc2)cc1CC(=O)O. The van der Waals surface area contributed by atoms with Gasteiger partial charge in [-0.1, -0.05) is 38.1 Å². The molecule has 1 aliphatic heterocycles. The van der Waals surface area contributed by atoms with Gasteiger partial charge in [-0.2, -0.15) is 4.31 Å². The predicted octanol–water partition coefficient (Wildman–Crippen LogP) is 1.98. The van der Waals surface area contributed by atoms with E-state index in [-0.39, 0.29) is 48.3 Å².